The van der Waals surface area contributed by atoms with Crippen LogP contribution in [-0.2, 0) is 9.84 Å². The molecular formula is C20H22N2O3S. The highest BCUT2D eigenvalue weighted by atomic mass is 32.2. The quantitative estimate of drug-likeness (QED) is 0.629. The Hall–Kier alpha value is -2.60. The van der Waals surface area contributed by atoms with Crippen molar-refractivity contribution in [3.05, 3.63) is 54.7 Å². The highest BCUT2D eigenvalue weighted by Crippen LogP contribution is 2.31. The zero-order chi connectivity index (χ0) is 18.6. The van der Waals surface area contributed by atoms with E-state index in [1.165, 1.54) is 6.26 Å². The first kappa shape index (κ1) is 18.2. The first-order valence-corrected chi connectivity index (χ1v) is 10.5. The zero-order valence-electron chi connectivity index (χ0n) is 14.9. The van der Waals surface area contributed by atoms with Gasteiger partial charge in [-0.25, -0.2) is 8.42 Å². The van der Waals surface area contributed by atoms with Crippen LogP contribution in [0.2, 0.25) is 0 Å². The number of rotatable bonds is 7. The van der Waals surface area contributed by atoms with Crippen LogP contribution in [0.3, 0.4) is 0 Å². The summed E-state index contributed by atoms with van der Waals surface area (Å²) in [6.45, 7) is 2.86. The molecule has 3 rings (SSSR count). The van der Waals surface area contributed by atoms with E-state index >= 15 is 0 Å². The van der Waals surface area contributed by atoms with E-state index in [1.807, 2.05) is 30.5 Å². The van der Waals surface area contributed by atoms with Crippen molar-refractivity contribution >= 4 is 9.84 Å². The minimum Gasteiger partial charge on any atom is -0.494 e. The summed E-state index contributed by atoms with van der Waals surface area (Å²) < 4.78 is 28.9. The van der Waals surface area contributed by atoms with Gasteiger partial charge in [-0.15, -0.1) is 0 Å². The van der Waals surface area contributed by atoms with E-state index in [2.05, 4.69) is 17.1 Å². The standard InChI is InChI=1S/C20H22N2O3S/c1-3-4-13-25-17-9-5-15(6-10-17)19-14-21-22-20(19)16-7-11-18(12-8-16)26(2,23)24/h5-12,14H,3-4,13H2,1-2H3,(H,21,22). The van der Waals surface area contributed by atoms with E-state index in [4.69, 9.17) is 4.74 Å². The lowest BCUT2D eigenvalue weighted by molar-refractivity contribution is 0.309. The van der Waals surface area contributed by atoms with Gasteiger partial charge >= 0.3 is 0 Å². The third kappa shape index (κ3) is 4.14. The predicted octanol–water partition coefficient (Wildman–Crippen LogP) is 4.33. The maximum absolute atomic E-state index is 11.6. The first-order valence-electron chi connectivity index (χ1n) is 8.56. The van der Waals surface area contributed by atoms with Crippen LogP contribution in [0.5, 0.6) is 5.75 Å². The molecule has 0 saturated carbocycles. The molecule has 0 amide bonds. The number of aromatic amines is 1. The van der Waals surface area contributed by atoms with Crippen molar-refractivity contribution in [2.45, 2.75) is 24.7 Å². The Kier molecular flexibility index (Phi) is 5.42. The number of nitrogens with one attached hydrogen (secondary N) is 1. The van der Waals surface area contributed by atoms with Gasteiger partial charge in [0.25, 0.3) is 0 Å². The lowest BCUT2D eigenvalue weighted by Gasteiger charge is -2.07. The van der Waals surface area contributed by atoms with Crippen molar-refractivity contribution in [2.24, 2.45) is 0 Å². The number of hydrogen-bond donors (Lipinski definition) is 1. The molecule has 2 aromatic carbocycles. The van der Waals surface area contributed by atoms with E-state index in [9.17, 15) is 8.42 Å². The molecule has 1 N–H and O–H groups in total. The average Bonchev–Trinajstić information content (AvgIpc) is 3.12. The summed E-state index contributed by atoms with van der Waals surface area (Å²) in [7, 11) is -3.21. The molecular weight excluding hydrogens is 348 g/mol. The number of nitrogens with zero attached hydrogens (tertiary/aromatic N) is 1. The molecule has 3 aromatic rings. The largest absolute Gasteiger partial charge is 0.494 e. The SMILES string of the molecule is CCCCOc1ccc(-c2c[nH]nc2-c2ccc(S(C)(=O)=O)cc2)cc1. The van der Waals surface area contributed by atoms with Crippen LogP contribution in [0, 0.1) is 0 Å². The monoisotopic (exact) mass is 370 g/mol. The average molecular weight is 370 g/mol. The number of H-pyrrole nitrogens is 1. The molecule has 0 radical (unpaired) electrons. The molecule has 1 heterocycles. The molecule has 26 heavy (non-hydrogen) atoms. The molecule has 1 aromatic heterocycles. The van der Waals surface area contributed by atoms with Gasteiger partial charge in [0.1, 0.15) is 5.75 Å². The van der Waals surface area contributed by atoms with Gasteiger partial charge in [-0.2, -0.15) is 5.10 Å². The van der Waals surface area contributed by atoms with Crippen LogP contribution in [-0.4, -0.2) is 31.5 Å². The van der Waals surface area contributed by atoms with Crippen molar-refractivity contribution in [1.29, 1.82) is 0 Å². The van der Waals surface area contributed by atoms with Gasteiger partial charge in [0.05, 0.1) is 17.2 Å². The summed E-state index contributed by atoms with van der Waals surface area (Å²) in [6, 6.07) is 14.7. The third-order valence-electron chi connectivity index (χ3n) is 4.13. The van der Waals surface area contributed by atoms with Gasteiger partial charge < -0.3 is 4.74 Å². The van der Waals surface area contributed by atoms with Gasteiger partial charge in [-0.1, -0.05) is 37.6 Å². The Balaban J connectivity index is 1.84. The van der Waals surface area contributed by atoms with E-state index < -0.39 is 9.84 Å². The fourth-order valence-corrected chi connectivity index (χ4v) is 3.29. The second-order valence-electron chi connectivity index (χ2n) is 6.17. The van der Waals surface area contributed by atoms with E-state index in [0.717, 1.165) is 47.6 Å². The van der Waals surface area contributed by atoms with Crippen molar-refractivity contribution in [3.8, 4) is 28.1 Å². The Morgan fingerprint density at radius 3 is 2.27 bits per heavy atom. The highest BCUT2D eigenvalue weighted by Gasteiger charge is 2.12. The van der Waals surface area contributed by atoms with Gasteiger partial charge in [0.15, 0.2) is 9.84 Å². The molecule has 0 spiro atoms. The third-order valence-corrected chi connectivity index (χ3v) is 5.26. The van der Waals surface area contributed by atoms with E-state index in [0.29, 0.717) is 4.90 Å². The summed E-state index contributed by atoms with van der Waals surface area (Å²) in [5.74, 6) is 0.852. The lowest BCUT2D eigenvalue weighted by atomic mass is 10.0. The van der Waals surface area contributed by atoms with Crippen LogP contribution in [0.4, 0.5) is 0 Å². The van der Waals surface area contributed by atoms with Crippen molar-refractivity contribution in [3.63, 3.8) is 0 Å². The summed E-state index contributed by atoms with van der Waals surface area (Å²) >= 11 is 0. The van der Waals surface area contributed by atoms with Crippen LogP contribution in [0.1, 0.15) is 19.8 Å². The van der Waals surface area contributed by atoms with Crippen LogP contribution >= 0.6 is 0 Å². The predicted molar refractivity (Wildman–Crippen MR) is 103 cm³/mol. The molecule has 136 valence electrons. The Bertz CT molecular complexity index is 959. The minimum absolute atomic E-state index is 0.298. The summed E-state index contributed by atoms with van der Waals surface area (Å²) in [6.07, 6.45) is 5.19. The lowest BCUT2D eigenvalue weighted by Crippen LogP contribution is -1.96. The smallest absolute Gasteiger partial charge is 0.175 e. The zero-order valence-corrected chi connectivity index (χ0v) is 15.7. The minimum atomic E-state index is -3.21. The number of unbranched alkanes of at least 4 members (excludes halogenated alkanes) is 1. The topological polar surface area (TPSA) is 72.0 Å². The Labute approximate surface area is 154 Å². The maximum atomic E-state index is 11.6. The summed E-state index contributed by atoms with van der Waals surface area (Å²) in [5.41, 5.74) is 3.61. The Morgan fingerprint density at radius 1 is 1.00 bits per heavy atom. The highest BCUT2D eigenvalue weighted by molar-refractivity contribution is 7.90. The molecule has 0 aliphatic rings. The first-order chi connectivity index (χ1) is 12.5. The summed E-state index contributed by atoms with van der Waals surface area (Å²) in [5, 5.41) is 7.23. The van der Waals surface area contributed by atoms with E-state index in [1.54, 1.807) is 24.3 Å². The summed E-state index contributed by atoms with van der Waals surface area (Å²) in [4.78, 5) is 0.298. The van der Waals surface area contributed by atoms with Crippen LogP contribution in [0.15, 0.2) is 59.6 Å². The fourth-order valence-electron chi connectivity index (χ4n) is 2.66. The number of hydrogen-bond acceptors (Lipinski definition) is 4. The number of aromatic nitrogens is 2. The number of sulfone groups is 1. The fraction of sp³-hybridized carbons (Fsp3) is 0.250. The number of benzene rings is 2. The van der Waals surface area contributed by atoms with Crippen molar-refractivity contribution in [1.82, 2.24) is 10.2 Å². The van der Waals surface area contributed by atoms with Crippen molar-refractivity contribution < 1.29 is 13.2 Å². The number of ether oxygens (including phenoxy) is 1. The van der Waals surface area contributed by atoms with Gasteiger partial charge in [-0.3, -0.25) is 5.10 Å². The molecule has 5 nitrogen and oxygen atoms in total. The van der Waals surface area contributed by atoms with E-state index in [-0.39, 0.29) is 0 Å². The molecule has 0 atom stereocenters. The van der Waals surface area contributed by atoms with Crippen LogP contribution < -0.4 is 4.74 Å². The Morgan fingerprint density at radius 2 is 1.65 bits per heavy atom. The molecule has 0 aliphatic heterocycles. The second kappa shape index (κ2) is 7.74. The molecule has 0 fully saturated rings. The maximum Gasteiger partial charge on any atom is 0.175 e. The molecule has 6 heteroatoms. The molecule has 0 aliphatic carbocycles. The molecule has 0 saturated heterocycles. The second-order valence-corrected chi connectivity index (χ2v) is 8.19. The molecule has 0 unspecified atom stereocenters. The van der Waals surface area contributed by atoms with Crippen molar-refractivity contribution in [2.75, 3.05) is 12.9 Å². The molecule has 0 bridgehead atoms. The van der Waals surface area contributed by atoms with Gasteiger partial charge in [0, 0.05) is 23.6 Å². The van der Waals surface area contributed by atoms with Crippen LogP contribution in [0.25, 0.3) is 22.4 Å². The normalized spacial score (nSPS) is 11.5. The van der Waals surface area contributed by atoms with Gasteiger partial charge in [-0.05, 0) is 36.2 Å². The van der Waals surface area contributed by atoms with Gasteiger partial charge in [0.2, 0.25) is 0 Å².